The van der Waals surface area contributed by atoms with Gasteiger partial charge in [-0.15, -0.1) is 0 Å². The molecule has 0 bridgehead atoms. The number of hydrogen-bond acceptors (Lipinski definition) is 5. The van der Waals surface area contributed by atoms with Crippen LogP contribution in [0, 0.1) is 12.8 Å². The van der Waals surface area contributed by atoms with Gasteiger partial charge in [-0.05, 0) is 70.7 Å². The Morgan fingerprint density at radius 2 is 1.66 bits per heavy atom. The Morgan fingerprint density at radius 1 is 0.947 bits per heavy atom. The van der Waals surface area contributed by atoms with Gasteiger partial charge in [-0.3, -0.25) is 9.79 Å². The molecule has 0 saturated heterocycles. The van der Waals surface area contributed by atoms with Crippen molar-refractivity contribution in [3.05, 3.63) is 83.4 Å². The molecule has 0 radical (unpaired) electrons. The summed E-state index contributed by atoms with van der Waals surface area (Å²) in [4.78, 5) is 21.4. The average molecular weight is 510 g/mol. The number of nitrogens with one attached hydrogen (secondary N) is 1. The largest absolute Gasteiger partial charge is 0.496 e. The fourth-order valence-electron chi connectivity index (χ4n) is 6.24. The summed E-state index contributed by atoms with van der Waals surface area (Å²) in [5.74, 6) is 0.801. The number of aryl methyl sites for hydroxylation is 1. The first kappa shape index (κ1) is 26.0. The van der Waals surface area contributed by atoms with E-state index in [9.17, 15) is 4.79 Å². The highest BCUT2D eigenvalue weighted by Crippen LogP contribution is 2.46. The monoisotopic (exact) mass is 509 g/mol. The maximum Gasteiger partial charge on any atom is 0.144 e. The summed E-state index contributed by atoms with van der Waals surface area (Å²) in [6.07, 6.45) is 1.27. The Kier molecular flexibility index (Phi) is 7.29. The number of methoxy groups -OCH3 is 1. The Bertz CT molecular complexity index is 1330. The quantitative estimate of drug-likeness (QED) is 0.371. The zero-order valence-electron chi connectivity index (χ0n) is 23.4. The zero-order chi connectivity index (χ0) is 27.0. The molecule has 198 valence electrons. The second kappa shape index (κ2) is 10.6. The van der Waals surface area contributed by atoms with E-state index >= 15 is 0 Å². The molecule has 1 fully saturated rings. The number of carbonyl (C=O) groups is 1. The van der Waals surface area contributed by atoms with Gasteiger partial charge < -0.3 is 15.0 Å². The first-order valence-electron chi connectivity index (χ1n) is 13.8. The molecular formula is C33H39N3O2. The molecule has 0 spiro atoms. The molecule has 5 rings (SSSR count). The summed E-state index contributed by atoms with van der Waals surface area (Å²) in [6, 6.07) is 23.5. The van der Waals surface area contributed by atoms with Crippen molar-refractivity contribution in [2.75, 3.05) is 17.3 Å². The van der Waals surface area contributed by atoms with E-state index in [0.29, 0.717) is 18.5 Å². The van der Waals surface area contributed by atoms with Crippen molar-refractivity contribution in [3.8, 4) is 5.75 Å². The lowest BCUT2D eigenvalue weighted by Crippen LogP contribution is -2.39. The minimum atomic E-state index is -0.352. The molecule has 1 saturated carbocycles. The molecule has 1 aliphatic heterocycles. The minimum absolute atomic E-state index is 0.138. The maximum atomic E-state index is 14.0. The summed E-state index contributed by atoms with van der Waals surface area (Å²) in [5, 5.41) is 3.71. The predicted octanol–water partition coefficient (Wildman–Crippen LogP) is 7.63. The van der Waals surface area contributed by atoms with Crippen LogP contribution in [-0.4, -0.2) is 30.7 Å². The molecule has 5 heteroatoms. The molecule has 2 aliphatic rings. The van der Waals surface area contributed by atoms with Gasteiger partial charge in [0.2, 0.25) is 0 Å². The van der Waals surface area contributed by atoms with E-state index < -0.39 is 0 Å². The van der Waals surface area contributed by atoms with Crippen molar-refractivity contribution >= 4 is 28.6 Å². The molecule has 3 aromatic carbocycles. The number of nitrogens with zero attached hydrogens (tertiary/aromatic N) is 2. The van der Waals surface area contributed by atoms with Crippen molar-refractivity contribution in [3.63, 3.8) is 0 Å². The highest BCUT2D eigenvalue weighted by molar-refractivity contribution is 6.11. The lowest BCUT2D eigenvalue weighted by Gasteiger charge is -2.36. The molecule has 1 heterocycles. The van der Waals surface area contributed by atoms with Gasteiger partial charge in [-0.1, -0.05) is 48.0 Å². The molecule has 38 heavy (non-hydrogen) atoms. The van der Waals surface area contributed by atoms with E-state index in [-0.39, 0.29) is 23.7 Å². The van der Waals surface area contributed by atoms with Gasteiger partial charge >= 0.3 is 0 Å². The number of para-hydroxylation sites is 2. The lowest BCUT2D eigenvalue weighted by atomic mass is 9.72. The van der Waals surface area contributed by atoms with Gasteiger partial charge in [-0.2, -0.15) is 0 Å². The maximum absolute atomic E-state index is 14.0. The Morgan fingerprint density at radius 3 is 2.34 bits per heavy atom. The molecule has 1 N–H and O–H groups in total. The third-order valence-electron chi connectivity index (χ3n) is 7.93. The number of carbonyl (C=O) groups excluding carboxylic acids is 1. The van der Waals surface area contributed by atoms with Crippen LogP contribution in [0.25, 0.3) is 0 Å². The molecular weight excluding hydrogens is 470 g/mol. The molecule has 3 aromatic rings. The van der Waals surface area contributed by atoms with E-state index in [1.165, 1.54) is 11.1 Å². The molecule has 0 amide bonds. The third kappa shape index (κ3) is 4.94. The third-order valence-corrected chi connectivity index (χ3v) is 7.93. The van der Waals surface area contributed by atoms with Crippen molar-refractivity contribution in [2.24, 2.45) is 10.9 Å². The number of aliphatic imine (C=N–C) groups is 1. The van der Waals surface area contributed by atoms with Crippen LogP contribution in [0.1, 0.15) is 69.2 Å². The van der Waals surface area contributed by atoms with E-state index in [4.69, 9.17) is 9.73 Å². The highest BCUT2D eigenvalue weighted by Gasteiger charge is 2.42. The van der Waals surface area contributed by atoms with Crippen LogP contribution in [0.15, 0.2) is 71.7 Å². The number of fused-ring (bicyclic) bond motifs is 2. The van der Waals surface area contributed by atoms with Gasteiger partial charge in [0.25, 0.3) is 0 Å². The van der Waals surface area contributed by atoms with E-state index in [2.05, 4.69) is 87.3 Å². The summed E-state index contributed by atoms with van der Waals surface area (Å²) < 4.78 is 5.98. The summed E-state index contributed by atoms with van der Waals surface area (Å²) in [5.41, 5.74) is 7.31. The molecule has 1 aliphatic carbocycles. The first-order chi connectivity index (χ1) is 18.3. The van der Waals surface area contributed by atoms with Gasteiger partial charge in [0, 0.05) is 41.5 Å². The summed E-state index contributed by atoms with van der Waals surface area (Å²) in [6.45, 7) is 10.9. The Balaban J connectivity index is 1.58. The van der Waals surface area contributed by atoms with E-state index in [1.807, 2.05) is 24.3 Å². The van der Waals surface area contributed by atoms with Crippen LogP contribution in [0.5, 0.6) is 5.75 Å². The standard InChI is InChI=1S/C33H39N3O2/c1-20(2)36(21(3)4)25-15-16-26(31(19-25)38-6)33-32-29(34-27-9-7-8-10-28(27)35-33)17-24(18-30(32)37)23-13-11-22(5)12-14-23/h7-16,19-21,24,32-33,35H,17-18H2,1-6H3. The van der Waals surface area contributed by atoms with Crippen molar-refractivity contribution in [1.82, 2.24) is 0 Å². The predicted molar refractivity (Wildman–Crippen MR) is 157 cm³/mol. The SMILES string of the molecule is COc1cc(N(C(C)C)C(C)C)ccc1C1Nc2ccccc2N=C2CC(c3ccc(C)cc3)CC(=O)C21. The van der Waals surface area contributed by atoms with Gasteiger partial charge in [-0.25, -0.2) is 0 Å². The molecule has 3 atom stereocenters. The highest BCUT2D eigenvalue weighted by atomic mass is 16.5. The lowest BCUT2D eigenvalue weighted by molar-refractivity contribution is -0.122. The van der Waals surface area contributed by atoms with Crippen molar-refractivity contribution in [2.45, 2.75) is 71.5 Å². The normalized spacial score (nSPS) is 20.8. The van der Waals surface area contributed by atoms with Crippen LogP contribution < -0.4 is 15.0 Å². The minimum Gasteiger partial charge on any atom is -0.496 e. The number of Topliss-reactive ketones (excluding diaryl/α,β-unsaturated/α-hetero) is 1. The molecule has 3 unspecified atom stereocenters. The first-order valence-corrected chi connectivity index (χ1v) is 13.8. The number of hydrogen-bond donors (Lipinski definition) is 1. The van der Waals surface area contributed by atoms with Gasteiger partial charge in [0.15, 0.2) is 0 Å². The number of benzene rings is 3. The number of ketones is 1. The fraction of sp³-hybridized carbons (Fsp3) is 0.394. The second-order valence-electron chi connectivity index (χ2n) is 11.2. The number of rotatable bonds is 6. The Labute approximate surface area is 226 Å². The van der Waals surface area contributed by atoms with E-state index in [1.54, 1.807) is 7.11 Å². The van der Waals surface area contributed by atoms with Crippen LogP contribution in [-0.2, 0) is 4.79 Å². The van der Waals surface area contributed by atoms with Gasteiger partial charge in [0.1, 0.15) is 11.5 Å². The average Bonchev–Trinajstić information content (AvgIpc) is 3.05. The summed E-state index contributed by atoms with van der Waals surface area (Å²) >= 11 is 0. The smallest absolute Gasteiger partial charge is 0.144 e. The zero-order valence-corrected chi connectivity index (χ0v) is 23.4. The van der Waals surface area contributed by atoms with E-state index in [0.717, 1.165) is 40.5 Å². The van der Waals surface area contributed by atoms with Crippen LogP contribution in [0.2, 0.25) is 0 Å². The second-order valence-corrected chi connectivity index (χ2v) is 11.2. The fourth-order valence-corrected chi connectivity index (χ4v) is 6.24. The van der Waals surface area contributed by atoms with Crippen LogP contribution in [0.4, 0.5) is 17.1 Å². The van der Waals surface area contributed by atoms with Crippen molar-refractivity contribution < 1.29 is 9.53 Å². The van der Waals surface area contributed by atoms with Crippen LogP contribution >= 0.6 is 0 Å². The van der Waals surface area contributed by atoms with Crippen LogP contribution in [0.3, 0.4) is 0 Å². The number of anilines is 2. The Hall–Kier alpha value is -3.60. The number of ether oxygens (including phenoxy) is 1. The summed E-state index contributed by atoms with van der Waals surface area (Å²) in [7, 11) is 1.72. The van der Waals surface area contributed by atoms with Crippen molar-refractivity contribution in [1.29, 1.82) is 0 Å². The van der Waals surface area contributed by atoms with Gasteiger partial charge in [0.05, 0.1) is 30.4 Å². The molecule has 0 aromatic heterocycles. The topological polar surface area (TPSA) is 53.9 Å². The molecule has 5 nitrogen and oxygen atoms in total.